The molecule has 0 aromatic rings. The van der Waals surface area contributed by atoms with Gasteiger partial charge >= 0.3 is 21.6 Å². The standard InChI is InChI=1S/C20H27F3N4O7S/c21-20(22,23)35(32,33)26-17(30)19-11-12(19)7-4-2-1-3-5-9-14(34-18(24)31)16(29)27-10-6-8-13(27)15(28)25-19/h4,7,12-14H,1-3,5-6,8-11H2,(H2,24,31)(H,25,28)(H,26,30)/b7-4+. The summed E-state index contributed by atoms with van der Waals surface area (Å²) in [5.74, 6) is -3.69. The summed E-state index contributed by atoms with van der Waals surface area (Å²) in [6, 6.07) is -1.08. The Bertz CT molecular complexity index is 1020. The normalized spacial score (nSPS) is 31.2. The maximum absolute atomic E-state index is 13.1. The summed E-state index contributed by atoms with van der Waals surface area (Å²) in [4.78, 5) is 51.4. The van der Waals surface area contributed by atoms with Crippen LogP contribution in [0, 0.1) is 5.92 Å². The van der Waals surface area contributed by atoms with Gasteiger partial charge in [-0.3, -0.25) is 14.4 Å². The molecule has 11 nitrogen and oxygen atoms in total. The second kappa shape index (κ2) is 10.0. The van der Waals surface area contributed by atoms with Crippen LogP contribution in [0.4, 0.5) is 18.0 Å². The predicted octanol–water partition coefficient (Wildman–Crippen LogP) is 0.802. The zero-order chi connectivity index (χ0) is 26.0. The number of carbonyl (C=O) groups excluding carboxylic acids is 4. The summed E-state index contributed by atoms with van der Waals surface area (Å²) in [5.41, 5.74) is -2.53. The molecule has 35 heavy (non-hydrogen) atoms. The zero-order valence-electron chi connectivity index (χ0n) is 18.7. The Morgan fingerprint density at radius 2 is 1.89 bits per heavy atom. The quantitative estimate of drug-likeness (QED) is 0.460. The van der Waals surface area contributed by atoms with Gasteiger partial charge < -0.3 is 20.7 Å². The second-order valence-corrected chi connectivity index (χ2v) is 10.5. The lowest BCUT2D eigenvalue weighted by Gasteiger charge is -2.29. The van der Waals surface area contributed by atoms with Crippen molar-refractivity contribution in [3.63, 3.8) is 0 Å². The van der Waals surface area contributed by atoms with Crippen molar-refractivity contribution in [1.82, 2.24) is 14.9 Å². The van der Waals surface area contributed by atoms with Crippen LogP contribution in [-0.4, -0.2) is 66.9 Å². The number of carbonyl (C=O) groups is 4. The molecule has 0 aromatic heterocycles. The molecule has 0 spiro atoms. The van der Waals surface area contributed by atoms with E-state index in [0.717, 1.165) is 4.72 Å². The first kappa shape index (κ1) is 26.8. The fraction of sp³-hybridized carbons (Fsp3) is 0.700. The minimum Gasteiger partial charge on any atom is -0.436 e. The number of nitrogens with zero attached hydrogens (tertiary/aromatic N) is 1. The van der Waals surface area contributed by atoms with Gasteiger partial charge in [0.05, 0.1) is 0 Å². The molecule has 4 N–H and O–H groups in total. The van der Waals surface area contributed by atoms with Crippen molar-refractivity contribution in [3.05, 3.63) is 12.2 Å². The summed E-state index contributed by atoms with van der Waals surface area (Å²) >= 11 is 0. The number of hydrogen-bond donors (Lipinski definition) is 3. The van der Waals surface area contributed by atoms with Crippen LogP contribution >= 0.6 is 0 Å². The summed E-state index contributed by atoms with van der Waals surface area (Å²) < 4.78 is 67.4. The topological polar surface area (TPSA) is 165 Å². The van der Waals surface area contributed by atoms with Crippen molar-refractivity contribution >= 4 is 33.8 Å². The first-order valence-electron chi connectivity index (χ1n) is 11.2. The number of primary amides is 1. The third-order valence-electron chi connectivity index (χ3n) is 6.38. The van der Waals surface area contributed by atoms with Crippen molar-refractivity contribution in [3.8, 4) is 0 Å². The highest BCUT2D eigenvalue weighted by atomic mass is 32.2. The lowest BCUT2D eigenvalue weighted by Crippen LogP contribution is -2.58. The monoisotopic (exact) mass is 524 g/mol. The summed E-state index contributed by atoms with van der Waals surface area (Å²) in [7, 11) is -5.99. The largest absolute Gasteiger partial charge is 0.516 e. The molecular formula is C20H27F3N4O7S. The molecule has 4 atom stereocenters. The van der Waals surface area contributed by atoms with Crippen LogP contribution in [0.3, 0.4) is 0 Å². The Morgan fingerprint density at radius 1 is 1.17 bits per heavy atom. The third-order valence-corrected chi connectivity index (χ3v) is 7.44. The van der Waals surface area contributed by atoms with E-state index in [1.807, 2.05) is 0 Å². The van der Waals surface area contributed by atoms with Gasteiger partial charge in [0, 0.05) is 12.5 Å². The molecule has 15 heteroatoms. The fourth-order valence-corrected chi connectivity index (χ4v) is 4.99. The lowest BCUT2D eigenvalue weighted by molar-refractivity contribution is -0.146. The number of nitrogens with one attached hydrogen (secondary N) is 2. The number of allylic oxidation sites excluding steroid dienone is 1. The SMILES string of the molecule is NC(=O)OC1CCCCC/C=C/C2CC2(C(=O)NS(=O)(=O)C(F)(F)F)NC(=O)C2CCCN2C1=O. The van der Waals surface area contributed by atoms with E-state index in [4.69, 9.17) is 10.5 Å². The van der Waals surface area contributed by atoms with Crippen LogP contribution in [0.25, 0.3) is 0 Å². The molecule has 0 aromatic carbocycles. The minimum absolute atomic E-state index is 0.109. The van der Waals surface area contributed by atoms with Crippen LogP contribution < -0.4 is 15.8 Å². The number of nitrogens with two attached hydrogens (primary N) is 1. The maximum Gasteiger partial charge on any atom is 0.516 e. The molecule has 3 rings (SSSR count). The maximum atomic E-state index is 13.1. The van der Waals surface area contributed by atoms with E-state index >= 15 is 0 Å². The van der Waals surface area contributed by atoms with Gasteiger partial charge in [0.15, 0.2) is 6.10 Å². The van der Waals surface area contributed by atoms with Crippen molar-refractivity contribution in [1.29, 1.82) is 0 Å². The molecule has 196 valence electrons. The van der Waals surface area contributed by atoms with Gasteiger partial charge in [0.2, 0.25) is 5.91 Å². The zero-order valence-corrected chi connectivity index (χ0v) is 19.5. The van der Waals surface area contributed by atoms with E-state index in [1.165, 1.54) is 4.90 Å². The average Bonchev–Trinajstić information content (AvgIpc) is 3.21. The molecule has 0 bridgehead atoms. The fourth-order valence-electron chi connectivity index (χ4n) is 4.45. The highest BCUT2D eigenvalue weighted by Gasteiger charge is 2.62. The number of amides is 4. The predicted molar refractivity (Wildman–Crippen MR) is 114 cm³/mol. The lowest BCUT2D eigenvalue weighted by atomic mass is 10.1. The molecule has 1 saturated carbocycles. The Labute approximate surface area is 199 Å². The van der Waals surface area contributed by atoms with Crippen molar-refractivity contribution in [2.75, 3.05) is 6.54 Å². The van der Waals surface area contributed by atoms with Crippen LogP contribution in [0.2, 0.25) is 0 Å². The summed E-state index contributed by atoms with van der Waals surface area (Å²) in [6.45, 7) is 0.153. The van der Waals surface area contributed by atoms with E-state index in [2.05, 4.69) is 5.32 Å². The van der Waals surface area contributed by atoms with E-state index in [1.54, 1.807) is 12.2 Å². The highest BCUT2D eigenvalue weighted by molar-refractivity contribution is 7.90. The highest BCUT2D eigenvalue weighted by Crippen LogP contribution is 2.46. The second-order valence-electron chi connectivity index (χ2n) is 8.83. The number of fused-ring (bicyclic) bond motifs is 2. The molecule has 2 fully saturated rings. The summed E-state index contributed by atoms with van der Waals surface area (Å²) in [6.07, 6.45) is 4.01. The molecule has 2 heterocycles. The van der Waals surface area contributed by atoms with E-state index in [-0.39, 0.29) is 25.8 Å². The van der Waals surface area contributed by atoms with Gasteiger partial charge in [-0.2, -0.15) is 21.6 Å². The Balaban J connectivity index is 1.88. The molecule has 4 amide bonds. The Hall–Kier alpha value is -2.84. The summed E-state index contributed by atoms with van der Waals surface area (Å²) in [5, 5.41) is 2.40. The van der Waals surface area contributed by atoms with Gasteiger partial charge in [0.1, 0.15) is 11.6 Å². The van der Waals surface area contributed by atoms with Crippen molar-refractivity contribution < 1.29 is 45.5 Å². The first-order chi connectivity index (χ1) is 16.3. The van der Waals surface area contributed by atoms with Crippen LogP contribution in [0.5, 0.6) is 0 Å². The van der Waals surface area contributed by atoms with Crippen LogP contribution in [0.15, 0.2) is 12.2 Å². The molecule has 0 radical (unpaired) electrons. The molecule has 2 aliphatic heterocycles. The first-order valence-corrected chi connectivity index (χ1v) is 12.7. The minimum atomic E-state index is -5.99. The van der Waals surface area contributed by atoms with Crippen LogP contribution in [-0.2, 0) is 29.1 Å². The number of ether oxygens (including phenoxy) is 1. The third kappa shape index (κ3) is 5.87. The van der Waals surface area contributed by atoms with E-state index < -0.39 is 62.9 Å². The van der Waals surface area contributed by atoms with Gasteiger partial charge in [-0.05, 0) is 44.9 Å². The average molecular weight is 525 g/mol. The molecule has 1 aliphatic carbocycles. The molecular weight excluding hydrogens is 497 g/mol. The Morgan fingerprint density at radius 3 is 2.54 bits per heavy atom. The van der Waals surface area contributed by atoms with Gasteiger partial charge in [-0.25, -0.2) is 9.52 Å². The Kier molecular flexibility index (Phi) is 7.67. The van der Waals surface area contributed by atoms with Gasteiger partial charge in [0.25, 0.3) is 11.8 Å². The number of sulfonamides is 1. The molecule has 4 unspecified atom stereocenters. The van der Waals surface area contributed by atoms with Crippen LogP contribution in [0.1, 0.15) is 51.4 Å². The number of alkyl halides is 3. The van der Waals surface area contributed by atoms with Gasteiger partial charge in [-0.1, -0.05) is 18.6 Å². The van der Waals surface area contributed by atoms with Crippen molar-refractivity contribution in [2.45, 2.75) is 74.6 Å². The molecule has 1 saturated heterocycles. The number of rotatable bonds is 3. The van der Waals surface area contributed by atoms with E-state index in [9.17, 15) is 40.8 Å². The van der Waals surface area contributed by atoms with Crippen molar-refractivity contribution in [2.24, 2.45) is 11.7 Å². The van der Waals surface area contributed by atoms with E-state index in [0.29, 0.717) is 32.1 Å². The molecule has 3 aliphatic rings. The number of halogens is 3. The smallest absolute Gasteiger partial charge is 0.436 e. The van der Waals surface area contributed by atoms with Gasteiger partial charge in [-0.15, -0.1) is 0 Å². The number of hydrogen-bond acceptors (Lipinski definition) is 7.